The first-order valence-electron chi connectivity index (χ1n) is 8.91. The maximum Gasteiger partial charge on any atom is 0.122 e. The van der Waals surface area contributed by atoms with E-state index in [-0.39, 0.29) is 0 Å². The van der Waals surface area contributed by atoms with Crippen LogP contribution in [0.4, 0.5) is 0 Å². The van der Waals surface area contributed by atoms with Crippen LogP contribution in [-0.4, -0.2) is 31.1 Å². The second kappa shape index (κ2) is 8.01. The van der Waals surface area contributed by atoms with Crippen molar-refractivity contribution in [2.75, 3.05) is 26.2 Å². The minimum absolute atomic E-state index is 0.513. The minimum atomic E-state index is 0.513. The number of aryl methyl sites for hydroxylation is 1. The summed E-state index contributed by atoms with van der Waals surface area (Å²) in [6, 6.07) is 6.57. The van der Waals surface area contributed by atoms with Gasteiger partial charge in [-0.1, -0.05) is 39.8 Å². The number of likely N-dealkylation sites (tertiary alicyclic amines) is 1. The quantitative estimate of drug-likeness (QED) is 0.695. The van der Waals surface area contributed by atoms with Gasteiger partial charge < -0.3 is 9.64 Å². The molecule has 1 aromatic rings. The monoisotopic (exact) mass is 303 g/mol. The number of hydrogen-bond donors (Lipinski definition) is 0. The highest BCUT2D eigenvalue weighted by Gasteiger charge is 2.21. The molecule has 124 valence electrons. The fourth-order valence-electron chi connectivity index (χ4n) is 3.69. The zero-order valence-electron chi connectivity index (χ0n) is 15.1. The van der Waals surface area contributed by atoms with Gasteiger partial charge in [-0.05, 0) is 54.7 Å². The molecule has 2 unspecified atom stereocenters. The number of ether oxygens (including phenoxy) is 1. The van der Waals surface area contributed by atoms with Gasteiger partial charge in [0.05, 0.1) is 6.61 Å². The van der Waals surface area contributed by atoms with E-state index in [1.165, 1.54) is 30.6 Å². The van der Waals surface area contributed by atoms with Crippen LogP contribution in [0.3, 0.4) is 0 Å². The maximum atomic E-state index is 6.10. The third-order valence-corrected chi connectivity index (χ3v) is 4.61. The summed E-state index contributed by atoms with van der Waals surface area (Å²) >= 11 is 0. The second-order valence-corrected chi connectivity index (χ2v) is 7.60. The van der Waals surface area contributed by atoms with Crippen LogP contribution in [0.25, 0.3) is 0 Å². The van der Waals surface area contributed by atoms with Gasteiger partial charge in [-0.3, -0.25) is 0 Å². The van der Waals surface area contributed by atoms with Crippen LogP contribution in [0.5, 0.6) is 5.75 Å². The van der Waals surface area contributed by atoms with Crippen molar-refractivity contribution in [2.24, 2.45) is 11.8 Å². The van der Waals surface area contributed by atoms with Gasteiger partial charge in [0.1, 0.15) is 5.75 Å². The number of nitrogens with zero attached hydrogens (tertiary/aromatic N) is 1. The Morgan fingerprint density at radius 1 is 1.18 bits per heavy atom. The highest BCUT2D eigenvalue weighted by Crippen LogP contribution is 2.27. The average Bonchev–Trinajstić information content (AvgIpc) is 2.42. The Morgan fingerprint density at radius 3 is 2.50 bits per heavy atom. The van der Waals surface area contributed by atoms with Gasteiger partial charge in [0.2, 0.25) is 0 Å². The van der Waals surface area contributed by atoms with Gasteiger partial charge in [-0.25, -0.2) is 0 Å². The molecule has 1 fully saturated rings. The summed E-state index contributed by atoms with van der Waals surface area (Å²) in [4.78, 5) is 2.61. The van der Waals surface area contributed by atoms with E-state index < -0.39 is 0 Å². The summed E-state index contributed by atoms with van der Waals surface area (Å²) in [5.74, 6) is 3.28. The van der Waals surface area contributed by atoms with Crippen molar-refractivity contribution >= 4 is 0 Å². The molecule has 2 rings (SSSR count). The maximum absolute atomic E-state index is 6.10. The molecule has 1 saturated heterocycles. The predicted octanol–water partition coefficient (Wildman–Crippen LogP) is 4.87. The lowest BCUT2D eigenvalue weighted by atomic mass is 9.92. The summed E-state index contributed by atoms with van der Waals surface area (Å²) in [6.45, 7) is 15.8. The number of benzene rings is 1. The van der Waals surface area contributed by atoms with E-state index in [1.807, 2.05) is 0 Å². The highest BCUT2D eigenvalue weighted by atomic mass is 16.5. The Morgan fingerprint density at radius 2 is 1.86 bits per heavy atom. The normalized spacial score (nSPS) is 23.0. The Hall–Kier alpha value is -1.02. The topological polar surface area (TPSA) is 12.5 Å². The Balaban J connectivity index is 1.80. The molecule has 1 heterocycles. The molecule has 0 aliphatic carbocycles. The van der Waals surface area contributed by atoms with Gasteiger partial charge in [0.25, 0.3) is 0 Å². The molecule has 1 aliphatic heterocycles. The first-order valence-corrected chi connectivity index (χ1v) is 8.91. The first-order chi connectivity index (χ1) is 10.5. The number of hydrogen-bond acceptors (Lipinski definition) is 2. The van der Waals surface area contributed by atoms with E-state index in [9.17, 15) is 0 Å². The molecule has 0 radical (unpaired) electrons. The van der Waals surface area contributed by atoms with E-state index >= 15 is 0 Å². The van der Waals surface area contributed by atoms with Crippen molar-refractivity contribution < 1.29 is 4.74 Å². The molecular weight excluding hydrogens is 270 g/mol. The van der Waals surface area contributed by atoms with Crippen LogP contribution in [0, 0.1) is 18.8 Å². The lowest BCUT2D eigenvalue weighted by molar-refractivity contribution is 0.132. The van der Waals surface area contributed by atoms with E-state index in [2.05, 4.69) is 57.7 Å². The Bertz CT molecular complexity index is 459. The summed E-state index contributed by atoms with van der Waals surface area (Å²) in [5, 5.41) is 0. The van der Waals surface area contributed by atoms with Crippen molar-refractivity contribution in [1.29, 1.82) is 0 Å². The van der Waals surface area contributed by atoms with Crippen LogP contribution in [0.15, 0.2) is 18.2 Å². The van der Waals surface area contributed by atoms with Crippen LogP contribution in [0.2, 0.25) is 0 Å². The lowest BCUT2D eigenvalue weighted by Gasteiger charge is -2.34. The van der Waals surface area contributed by atoms with E-state index in [0.717, 1.165) is 37.2 Å². The molecule has 0 amide bonds. The van der Waals surface area contributed by atoms with Crippen molar-refractivity contribution in [1.82, 2.24) is 4.90 Å². The average molecular weight is 303 g/mol. The molecule has 1 aliphatic rings. The van der Waals surface area contributed by atoms with Crippen molar-refractivity contribution in [3.05, 3.63) is 29.3 Å². The Kier molecular flexibility index (Phi) is 6.31. The smallest absolute Gasteiger partial charge is 0.122 e. The van der Waals surface area contributed by atoms with Gasteiger partial charge in [0, 0.05) is 19.6 Å². The fourth-order valence-corrected chi connectivity index (χ4v) is 3.69. The van der Waals surface area contributed by atoms with E-state index in [1.54, 1.807) is 0 Å². The van der Waals surface area contributed by atoms with Crippen LogP contribution in [0.1, 0.15) is 57.6 Å². The van der Waals surface area contributed by atoms with Crippen molar-refractivity contribution in [2.45, 2.75) is 53.4 Å². The SMILES string of the molecule is Cc1ccc(C(C)C)c(OCCCN2CC(C)CC(C)C2)c1. The predicted molar refractivity (Wildman–Crippen MR) is 94.8 cm³/mol. The molecule has 0 spiro atoms. The standard InChI is InChI=1S/C20H33NO/c1-15(2)19-8-7-16(3)12-20(19)22-10-6-9-21-13-17(4)11-18(5)14-21/h7-8,12,15,17-18H,6,9-11,13-14H2,1-5H3. The number of rotatable bonds is 6. The molecule has 0 aromatic heterocycles. The largest absolute Gasteiger partial charge is 0.493 e. The van der Waals surface area contributed by atoms with Gasteiger partial charge in [-0.15, -0.1) is 0 Å². The molecule has 2 nitrogen and oxygen atoms in total. The summed E-state index contributed by atoms with van der Waals surface area (Å²) in [5.41, 5.74) is 2.60. The summed E-state index contributed by atoms with van der Waals surface area (Å²) < 4.78 is 6.10. The second-order valence-electron chi connectivity index (χ2n) is 7.60. The Labute approximate surface area is 136 Å². The number of piperidine rings is 1. The lowest BCUT2D eigenvalue weighted by Crippen LogP contribution is -2.39. The summed E-state index contributed by atoms with van der Waals surface area (Å²) in [7, 11) is 0. The van der Waals surface area contributed by atoms with E-state index in [0.29, 0.717) is 5.92 Å². The van der Waals surface area contributed by atoms with E-state index in [4.69, 9.17) is 4.74 Å². The van der Waals surface area contributed by atoms with Crippen LogP contribution < -0.4 is 4.74 Å². The molecule has 2 atom stereocenters. The molecule has 1 aromatic carbocycles. The van der Waals surface area contributed by atoms with Crippen LogP contribution in [-0.2, 0) is 0 Å². The third-order valence-electron chi connectivity index (χ3n) is 4.61. The minimum Gasteiger partial charge on any atom is -0.493 e. The molecule has 0 N–H and O–H groups in total. The molecule has 0 bridgehead atoms. The zero-order valence-corrected chi connectivity index (χ0v) is 15.1. The molecule has 2 heteroatoms. The third kappa shape index (κ3) is 5.01. The van der Waals surface area contributed by atoms with Gasteiger partial charge >= 0.3 is 0 Å². The van der Waals surface area contributed by atoms with Crippen molar-refractivity contribution in [3.8, 4) is 5.75 Å². The summed E-state index contributed by atoms with van der Waals surface area (Å²) in [6.07, 6.45) is 2.50. The fraction of sp³-hybridized carbons (Fsp3) is 0.700. The van der Waals surface area contributed by atoms with Gasteiger partial charge in [0.15, 0.2) is 0 Å². The van der Waals surface area contributed by atoms with Crippen LogP contribution >= 0.6 is 0 Å². The molecule has 22 heavy (non-hydrogen) atoms. The highest BCUT2D eigenvalue weighted by molar-refractivity contribution is 5.39. The zero-order chi connectivity index (χ0) is 16.1. The molecule has 0 saturated carbocycles. The first kappa shape index (κ1) is 17.3. The van der Waals surface area contributed by atoms with Crippen molar-refractivity contribution in [3.63, 3.8) is 0 Å². The molecular formula is C20H33NO. The van der Waals surface area contributed by atoms with Gasteiger partial charge in [-0.2, -0.15) is 0 Å².